The quantitative estimate of drug-likeness (QED) is 0.864. The molecule has 1 aromatic carbocycles. The lowest BCUT2D eigenvalue weighted by molar-refractivity contribution is -0.124. The third-order valence-corrected chi connectivity index (χ3v) is 6.17. The summed E-state index contributed by atoms with van der Waals surface area (Å²) in [6.45, 7) is 2.17. The number of carbonyl (C=O) groups excluding carboxylic acids is 2. The Morgan fingerprint density at radius 2 is 2.20 bits per heavy atom. The van der Waals surface area contributed by atoms with Gasteiger partial charge in [-0.3, -0.25) is 9.59 Å². The van der Waals surface area contributed by atoms with Gasteiger partial charge in [-0.2, -0.15) is 0 Å². The number of hydrogen-bond acceptors (Lipinski definition) is 3. The van der Waals surface area contributed by atoms with Gasteiger partial charge in [0.15, 0.2) is 6.61 Å². The van der Waals surface area contributed by atoms with Crippen molar-refractivity contribution in [2.75, 3.05) is 11.9 Å². The molecular formula is C20H26N2O3. The van der Waals surface area contributed by atoms with E-state index in [9.17, 15) is 9.59 Å². The van der Waals surface area contributed by atoms with Crippen molar-refractivity contribution in [3.63, 3.8) is 0 Å². The second-order valence-corrected chi connectivity index (χ2v) is 7.85. The minimum Gasteiger partial charge on any atom is -0.484 e. The van der Waals surface area contributed by atoms with Crippen LogP contribution in [0.25, 0.3) is 0 Å². The number of ether oxygens (including phenoxy) is 1. The summed E-state index contributed by atoms with van der Waals surface area (Å²) in [5.74, 6) is 3.00. The fourth-order valence-electron chi connectivity index (χ4n) is 4.91. The molecule has 134 valence electrons. The number of benzene rings is 1. The van der Waals surface area contributed by atoms with Gasteiger partial charge < -0.3 is 15.4 Å². The van der Waals surface area contributed by atoms with E-state index < -0.39 is 0 Å². The number of carbonyl (C=O) groups is 2. The predicted octanol–water partition coefficient (Wildman–Crippen LogP) is 2.89. The Balaban J connectivity index is 1.28. The number of anilines is 1. The van der Waals surface area contributed by atoms with E-state index in [0.29, 0.717) is 24.5 Å². The first-order chi connectivity index (χ1) is 12.1. The Hall–Kier alpha value is -2.04. The molecular weight excluding hydrogens is 316 g/mol. The molecule has 25 heavy (non-hydrogen) atoms. The molecule has 0 aromatic heterocycles. The summed E-state index contributed by atoms with van der Waals surface area (Å²) in [7, 11) is 0. The van der Waals surface area contributed by atoms with Crippen molar-refractivity contribution in [2.45, 2.75) is 51.5 Å². The van der Waals surface area contributed by atoms with Gasteiger partial charge in [-0.05, 0) is 74.1 Å². The molecule has 0 spiro atoms. The van der Waals surface area contributed by atoms with Crippen molar-refractivity contribution in [1.29, 1.82) is 0 Å². The number of rotatable bonds is 5. The first-order valence-corrected chi connectivity index (χ1v) is 9.43. The van der Waals surface area contributed by atoms with Crippen LogP contribution >= 0.6 is 0 Å². The van der Waals surface area contributed by atoms with Crippen LogP contribution in [0.15, 0.2) is 18.2 Å². The molecule has 2 fully saturated rings. The summed E-state index contributed by atoms with van der Waals surface area (Å²) in [5, 5.41) is 5.97. The van der Waals surface area contributed by atoms with Gasteiger partial charge in [0.1, 0.15) is 5.75 Å². The van der Waals surface area contributed by atoms with Gasteiger partial charge in [0.25, 0.3) is 5.91 Å². The molecule has 1 aliphatic heterocycles. The lowest BCUT2D eigenvalue weighted by Gasteiger charge is -2.28. The first-order valence-electron chi connectivity index (χ1n) is 9.43. The van der Waals surface area contributed by atoms with E-state index in [2.05, 4.69) is 17.6 Å². The molecule has 2 amide bonds. The largest absolute Gasteiger partial charge is 0.484 e. The zero-order valence-electron chi connectivity index (χ0n) is 14.7. The first kappa shape index (κ1) is 16.4. The van der Waals surface area contributed by atoms with Crippen molar-refractivity contribution >= 4 is 17.5 Å². The lowest BCUT2D eigenvalue weighted by atomic mass is 9.84. The van der Waals surface area contributed by atoms with E-state index in [1.165, 1.54) is 25.7 Å². The maximum Gasteiger partial charge on any atom is 0.258 e. The van der Waals surface area contributed by atoms with Gasteiger partial charge in [0.2, 0.25) is 5.91 Å². The Kier molecular flexibility index (Phi) is 4.40. The van der Waals surface area contributed by atoms with Gasteiger partial charge in [-0.25, -0.2) is 0 Å². The summed E-state index contributed by atoms with van der Waals surface area (Å²) in [6.07, 6.45) is 6.54. The Morgan fingerprint density at radius 1 is 1.32 bits per heavy atom. The van der Waals surface area contributed by atoms with Crippen molar-refractivity contribution in [1.82, 2.24) is 5.32 Å². The van der Waals surface area contributed by atoms with Crippen molar-refractivity contribution in [3.05, 3.63) is 23.8 Å². The topological polar surface area (TPSA) is 67.4 Å². The van der Waals surface area contributed by atoms with E-state index in [0.717, 1.165) is 23.1 Å². The molecule has 5 nitrogen and oxygen atoms in total. The number of fused-ring (bicyclic) bond motifs is 3. The maximum atomic E-state index is 12.2. The summed E-state index contributed by atoms with van der Waals surface area (Å²) >= 11 is 0. The van der Waals surface area contributed by atoms with Crippen LogP contribution in [-0.2, 0) is 16.0 Å². The highest BCUT2D eigenvalue weighted by Gasteiger charge is 2.42. The van der Waals surface area contributed by atoms with Gasteiger partial charge >= 0.3 is 0 Å². The second kappa shape index (κ2) is 6.70. The molecule has 2 N–H and O–H groups in total. The zero-order valence-corrected chi connectivity index (χ0v) is 14.7. The molecule has 5 heteroatoms. The summed E-state index contributed by atoms with van der Waals surface area (Å²) in [6, 6.07) is 5.79. The molecule has 3 aliphatic rings. The van der Waals surface area contributed by atoms with Gasteiger partial charge in [-0.15, -0.1) is 0 Å². The molecule has 4 unspecified atom stereocenters. The zero-order chi connectivity index (χ0) is 17.4. The van der Waals surface area contributed by atoms with E-state index in [1.54, 1.807) is 6.07 Å². The Morgan fingerprint density at radius 3 is 2.96 bits per heavy atom. The van der Waals surface area contributed by atoms with Gasteiger partial charge in [-0.1, -0.05) is 6.42 Å². The van der Waals surface area contributed by atoms with Crippen LogP contribution in [0.4, 0.5) is 5.69 Å². The fourth-order valence-corrected chi connectivity index (χ4v) is 4.91. The molecule has 2 aliphatic carbocycles. The van der Waals surface area contributed by atoms with Gasteiger partial charge in [0.05, 0.1) is 0 Å². The van der Waals surface area contributed by atoms with E-state index in [1.807, 2.05) is 12.1 Å². The summed E-state index contributed by atoms with van der Waals surface area (Å²) in [5.41, 5.74) is 1.91. The molecule has 1 heterocycles. The summed E-state index contributed by atoms with van der Waals surface area (Å²) < 4.78 is 5.66. The third-order valence-electron chi connectivity index (χ3n) is 6.17. The third kappa shape index (κ3) is 3.51. The average molecular weight is 342 g/mol. The second-order valence-electron chi connectivity index (χ2n) is 7.85. The van der Waals surface area contributed by atoms with Crippen LogP contribution in [0.2, 0.25) is 0 Å². The number of hydrogen-bond donors (Lipinski definition) is 2. The molecule has 0 saturated heterocycles. The fraction of sp³-hybridized carbons (Fsp3) is 0.600. The Labute approximate surface area is 148 Å². The normalized spacial score (nSPS) is 28.2. The highest BCUT2D eigenvalue weighted by Crippen LogP contribution is 2.49. The van der Waals surface area contributed by atoms with Crippen LogP contribution in [0.3, 0.4) is 0 Å². The molecule has 4 rings (SSSR count). The monoisotopic (exact) mass is 342 g/mol. The van der Waals surface area contributed by atoms with Crippen LogP contribution in [0, 0.1) is 17.8 Å². The smallest absolute Gasteiger partial charge is 0.258 e. The van der Waals surface area contributed by atoms with Crippen molar-refractivity contribution in [2.24, 2.45) is 17.8 Å². The average Bonchev–Trinajstić information content (AvgIpc) is 3.23. The van der Waals surface area contributed by atoms with E-state index >= 15 is 0 Å². The molecule has 2 bridgehead atoms. The molecule has 1 aromatic rings. The molecule has 2 saturated carbocycles. The van der Waals surface area contributed by atoms with Gasteiger partial charge in [0, 0.05) is 18.2 Å². The minimum absolute atomic E-state index is 0.0380. The number of aryl methyl sites for hydroxylation is 1. The minimum atomic E-state index is -0.0544. The number of amides is 2. The van der Waals surface area contributed by atoms with Crippen LogP contribution in [-0.4, -0.2) is 24.5 Å². The van der Waals surface area contributed by atoms with Crippen LogP contribution < -0.4 is 15.4 Å². The lowest BCUT2D eigenvalue weighted by Crippen LogP contribution is -2.42. The molecule has 4 atom stereocenters. The predicted molar refractivity (Wildman–Crippen MR) is 95.4 cm³/mol. The van der Waals surface area contributed by atoms with Crippen molar-refractivity contribution in [3.8, 4) is 5.75 Å². The SMILES string of the molecule is CC(NC(=O)COc1ccc2c(c1)CCC(=O)N2)C1CC2CCC1C2. The summed E-state index contributed by atoms with van der Waals surface area (Å²) in [4.78, 5) is 23.6. The van der Waals surface area contributed by atoms with Crippen molar-refractivity contribution < 1.29 is 14.3 Å². The Bertz CT molecular complexity index is 688. The van der Waals surface area contributed by atoms with E-state index in [-0.39, 0.29) is 24.5 Å². The van der Waals surface area contributed by atoms with E-state index in [4.69, 9.17) is 4.74 Å². The highest BCUT2D eigenvalue weighted by molar-refractivity contribution is 5.94. The number of nitrogens with one attached hydrogen (secondary N) is 2. The van der Waals surface area contributed by atoms with Crippen LogP contribution in [0.5, 0.6) is 5.75 Å². The molecule has 0 radical (unpaired) electrons. The maximum absolute atomic E-state index is 12.2. The van der Waals surface area contributed by atoms with Crippen LogP contribution in [0.1, 0.15) is 44.6 Å². The highest BCUT2D eigenvalue weighted by atomic mass is 16.5. The standard InChI is InChI=1S/C20H26N2O3/c1-12(17-9-13-2-3-14(17)8-13)21-20(24)11-25-16-5-6-18-15(10-16)4-7-19(23)22-18/h5-6,10,12-14,17H,2-4,7-9,11H2,1H3,(H,21,24)(H,22,23).